The van der Waals surface area contributed by atoms with Crippen LogP contribution in [0.3, 0.4) is 0 Å². The summed E-state index contributed by atoms with van der Waals surface area (Å²) in [6, 6.07) is 15.0. The van der Waals surface area contributed by atoms with Crippen molar-refractivity contribution in [2.45, 2.75) is 37.9 Å². The molecule has 3 N–H and O–H groups in total. The Morgan fingerprint density at radius 3 is 2.71 bits per heavy atom. The predicted molar refractivity (Wildman–Crippen MR) is 144 cm³/mol. The minimum absolute atomic E-state index is 0.126. The maximum absolute atomic E-state index is 13.2. The van der Waals surface area contributed by atoms with Crippen LogP contribution in [0.1, 0.15) is 41.3 Å². The molecule has 0 radical (unpaired) electrons. The summed E-state index contributed by atoms with van der Waals surface area (Å²) < 4.78 is 5.41. The van der Waals surface area contributed by atoms with Gasteiger partial charge in [0.05, 0.1) is 29.1 Å². The van der Waals surface area contributed by atoms with Crippen molar-refractivity contribution < 1.29 is 19.4 Å². The highest BCUT2D eigenvalue weighted by molar-refractivity contribution is 6.33. The number of rotatable bonds is 8. The molecule has 2 aliphatic rings. The van der Waals surface area contributed by atoms with Crippen molar-refractivity contribution in [3.63, 3.8) is 0 Å². The van der Waals surface area contributed by atoms with E-state index in [1.54, 1.807) is 19.2 Å². The van der Waals surface area contributed by atoms with E-state index in [1.807, 2.05) is 42.5 Å². The molecule has 0 unspecified atom stereocenters. The third-order valence-corrected chi connectivity index (χ3v) is 7.31. The fraction of sp³-hybridized carbons (Fsp3) is 0.357. The highest BCUT2D eigenvalue weighted by Crippen LogP contribution is 2.32. The number of aliphatic hydroxyl groups is 1. The lowest BCUT2D eigenvalue weighted by Crippen LogP contribution is -2.49. The maximum atomic E-state index is 13.2. The Labute approximate surface area is 226 Å². The molecule has 1 aromatic heterocycles. The second-order valence-corrected chi connectivity index (χ2v) is 10.3. The topological polar surface area (TPSA) is 117 Å². The number of amides is 2. The Bertz CT molecular complexity index is 1330. The van der Waals surface area contributed by atoms with Gasteiger partial charge in [0, 0.05) is 36.9 Å². The number of carbonyl (C=O) groups is 2. The SMILES string of the molecule is C[C@@](CO)(NC(=O)CN1Cc2ccc(-c3nc(NC4CCOCC4)ncc3Cl)cc2C1=O)c1ccccc1. The first-order valence-corrected chi connectivity index (χ1v) is 13.0. The number of nitrogens with zero attached hydrogens (tertiary/aromatic N) is 3. The van der Waals surface area contributed by atoms with Gasteiger partial charge in [-0.2, -0.15) is 0 Å². The quantitative estimate of drug-likeness (QED) is 0.405. The Morgan fingerprint density at radius 1 is 1.21 bits per heavy atom. The van der Waals surface area contributed by atoms with Gasteiger partial charge in [-0.3, -0.25) is 9.59 Å². The van der Waals surface area contributed by atoms with Crippen LogP contribution in [0.15, 0.2) is 54.7 Å². The van der Waals surface area contributed by atoms with Crippen molar-refractivity contribution in [3.05, 3.63) is 76.4 Å². The summed E-state index contributed by atoms with van der Waals surface area (Å²) in [5, 5.41) is 16.6. The first-order chi connectivity index (χ1) is 18.4. The summed E-state index contributed by atoms with van der Waals surface area (Å²) in [6.07, 6.45) is 3.31. The number of aliphatic hydroxyl groups excluding tert-OH is 1. The average Bonchev–Trinajstić information content (AvgIpc) is 3.24. The fourth-order valence-electron chi connectivity index (χ4n) is 4.83. The number of aromatic nitrogens is 2. The van der Waals surface area contributed by atoms with E-state index in [4.69, 9.17) is 16.3 Å². The molecule has 2 aliphatic heterocycles. The second kappa shape index (κ2) is 11.1. The number of carbonyl (C=O) groups excluding carboxylic acids is 2. The van der Waals surface area contributed by atoms with Gasteiger partial charge in [0.15, 0.2) is 0 Å². The van der Waals surface area contributed by atoms with Crippen LogP contribution in [0, 0.1) is 0 Å². The molecule has 1 fully saturated rings. The predicted octanol–water partition coefficient (Wildman–Crippen LogP) is 3.37. The molecule has 5 rings (SSSR count). The molecule has 38 heavy (non-hydrogen) atoms. The van der Waals surface area contributed by atoms with Gasteiger partial charge in [-0.15, -0.1) is 0 Å². The van der Waals surface area contributed by atoms with Crippen molar-refractivity contribution in [2.24, 2.45) is 0 Å². The lowest BCUT2D eigenvalue weighted by molar-refractivity contribution is -0.124. The minimum Gasteiger partial charge on any atom is -0.394 e. The third kappa shape index (κ3) is 5.50. The molecule has 0 aliphatic carbocycles. The van der Waals surface area contributed by atoms with Crippen LogP contribution in [0.5, 0.6) is 0 Å². The van der Waals surface area contributed by atoms with Crippen molar-refractivity contribution in [2.75, 3.05) is 31.7 Å². The van der Waals surface area contributed by atoms with Gasteiger partial charge < -0.3 is 25.4 Å². The van der Waals surface area contributed by atoms with Crippen molar-refractivity contribution in [1.82, 2.24) is 20.2 Å². The molecule has 3 aromatic rings. The summed E-state index contributed by atoms with van der Waals surface area (Å²) in [7, 11) is 0. The Morgan fingerprint density at radius 2 is 1.97 bits per heavy atom. The van der Waals surface area contributed by atoms with Gasteiger partial charge >= 0.3 is 0 Å². The largest absolute Gasteiger partial charge is 0.394 e. The van der Waals surface area contributed by atoms with Gasteiger partial charge in [0.25, 0.3) is 5.91 Å². The summed E-state index contributed by atoms with van der Waals surface area (Å²) in [6.45, 7) is 3.07. The summed E-state index contributed by atoms with van der Waals surface area (Å²) >= 11 is 6.44. The van der Waals surface area contributed by atoms with Crippen LogP contribution < -0.4 is 10.6 Å². The minimum atomic E-state index is -0.957. The van der Waals surface area contributed by atoms with Gasteiger partial charge in [-0.25, -0.2) is 9.97 Å². The number of ether oxygens (including phenoxy) is 1. The number of hydrogen-bond donors (Lipinski definition) is 3. The normalized spacial score (nSPS) is 17.1. The lowest BCUT2D eigenvalue weighted by atomic mass is 9.93. The molecule has 2 amide bonds. The highest BCUT2D eigenvalue weighted by Gasteiger charge is 2.33. The van der Waals surface area contributed by atoms with E-state index >= 15 is 0 Å². The Balaban J connectivity index is 1.29. The van der Waals surface area contributed by atoms with Crippen molar-refractivity contribution >= 4 is 29.4 Å². The van der Waals surface area contributed by atoms with E-state index in [-0.39, 0.29) is 31.0 Å². The molecule has 1 atom stereocenters. The molecule has 10 heteroatoms. The van der Waals surface area contributed by atoms with E-state index in [2.05, 4.69) is 20.6 Å². The molecule has 0 bridgehead atoms. The summed E-state index contributed by atoms with van der Waals surface area (Å²) in [5.74, 6) is -0.116. The first-order valence-electron chi connectivity index (χ1n) is 12.6. The molecule has 0 spiro atoms. The number of anilines is 1. The fourth-order valence-corrected chi connectivity index (χ4v) is 5.03. The van der Waals surface area contributed by atoms with Gasteiger partial charge in [-0.05, 0) is 37.0 Å². The van der Waals surface area contributed by atoms with Crippen LogP contribution in [0.2, 0.25) is 5.02 Å². The molecular formula is C28H30ClN5O4. The van der Waals surface area contributed by atoms with E-state index < -0.39 is 5.54 Å². The molecule has 198 valence electrons. The van der Waals surface area contributed by atoms with Crippen molar-refractivity contribution in [1.29, 1.82) is 0 Å². The van der Waals surface area contributed by atoms with Gasteiger partial charge in [-0.1, -0.05) is 54.1 Å². The van der Waals surface area contributed by atoms with Crippen LogP contribution in [-0.2, 0) is 21.6 Å². The number of hydrogen-bond acceptors (Lipinski definition) is 7. The number of nitrogens with one attached hydrogen (secondary N) is 2. The maximum Gasteiger partial charge on any atom is 0.254 e. The van der Waals surface area contributed by atoms with E-state index in [0.29, 0.717) is 47.6 Å². The number of benzene rings is 2. The summed E-state index contributed by atoms with van der Waals surface area (Å²) in [5.41, 5.74) is 2.39. The molecule has 1 saturated heterocycles. The Kier molecular flexibility index (Phi) is 7.60. The smallest absolute Gasteiger partial charge is 0.254 e. The Hall–Kier alpha value is -3.53. The molecular weight excluding hydrogens is 506 g/mol. The van der Waals surface area contributed by atoms with E-state index in [9.17, 15) is 14.7 Å². The highest BCUT2D eigenvalue weighted by atomic mass is 35.5. The zero-order chi connectivity index (χ0) is 26.7. The lowest BCUT2D eigenvalue weighted by Gasteiger charge is -2.30. The monoisotopic (exact) mass is 535 g/mol. The summed E-state index contributed by atoms with van der Waals surface area (Å²) in [4.78, 5) is 36.6. The van der Waals surface area contributed by atoms with Gasteiger partial charge in [0.2, 0.25) is 11.9 Å². The molecule has 0 saturated carbocycles. The second-order valence-electron chi connectivity index (χ2n) is 9.86. The van der Waals surface area contributed by atoms with Crippen LogP contribution >= 0.6 is 11.6 Å². The number of fused-ring (bicyclic) bond motifs is 1. The van der Waals surface area contributed by atoms with E-state index in [1.165, 1.54) is 4.90 Å². The average molecular weight is 536 g/mol. The third-order valence-electron chi connectivity index (χ3n) is 7.04. The van der Waals surface area contributed by atoms with Crippen LogP contribution in [-0.4, -0.2) is 64.2 Å². The first kappa shape index (κ1) is 26.1. The van der Waals surface area contributed by atoms with Crippen LogP contribution in [0.4, 0.5) is 5.95 Å². The molecule has 9 nitrogen and oxygen atoms in total. The van der Waals surface area contributed by atoms with Crippen molar-refractivity contribution in [3.8, 4) is 11.3 Å². The zero-order valence-corrected chi connectivity index (χ0v) is 21.9. The zero-order valence-electron chi connectivity index (χ0n) is 21.1. The molecule has 3 heterocycles. The number of halogens is 1. The molecule has 2 aromatic carbocycles. The van der Waals surface area contributed by atoms with E-state index in [0.717, 1.165) is 24.0 Å². The van der Waals surface area contributed by atoms with Crippen LogP contribution in [0.25, 0.3) is 11.3 Å². The van der Waals surface area contributed by atoms with Gasteiger partial charge in [0.1, 0.15) is 6.54 Å². The standard InChI is InChI=1S/C28H30ClN5O4/c1-28(17-35,20-5-3-2-4-6-20)33-24(36)16-34-15-19-8-7-18(13-22(19)26(34)37)25-23(29)14-30-27(32-25)31-21-9-11-38-12-10-21/h2-8,13-14,21,35H,9-12,15-17H2,1H3,(H,33,36)(H,30,31,32)/t28-/m0/s1.